The molecule has 0 bridgehead atoms. The van der Waals surface area contributed by atoms with E-state index in [-0.39, 0.29) is 0 Å². The summed E-state index contributed by atoms with van der Waals surface area (Å²) < 4.78 is 0. The molecule has 12 rings (SSSR count). The zero-order valence-electron chi connectivity index (χ0n) is 38.9. The van der Waals surface area contributed by atoms with Crippen LogP contribution in [0.25, 0.3) is 16.8 Å². The van der Waals surface area contributed by atoms with Gasteiger partial charge in [0.15, 0.2) is 0 Å². The number of allylic oxidation sites excluding steroid dienone is 8. The van der Waals surface area contributed by atoms with Gasteiger partial charge >= 0.3 is 0 Å². The first-order valence-electron chi connectivity index (χ1n) is 24.4. The zero-order chi connectivity index (χ0) is 46.6. The van der Waals surface area contributed by atoms with Crippen molar-refractivity contribution < 1.29 is 0 Å². The van der Waals surface area contributed by atoms with E-state index < -0.39 is 0 Å². The van der Waals surface area contributed by atoms with E-state index in [1.165, 1.54) is 27.6 Å². The average Bonchev–Trinajstić information content (AvgIpc) is 3.43. The van der Waals surface area contributed by atoms with E-state index >= 15 is 0 Å². The summed E-state index contributed by atoms with van der Waals surface area (Å²) in [6.45, 7) is 0. The average molecular weight is 901 g/mol. The molecule has 3 aliphatic carbocycles. The Hall–Kier alpha value is -8.86. The second-order valence-electron chi connectivity index (χ2n) is 18.1. The van der Waals surface area contributed by atoms with Crippen LogP contribution in [0.4, 0.5) is 56.9 Å². The largest absolute Gasteiger partial charge is 0.314 e. The summed E-state index contributed by atoms with van der Waals surface area (Å²) in [5, 5.41) is 2.43. The lowest BCUT2D eigenvalue weighted by atomic mass is 9.84. The van der Waals surface area contributed by atoms with Crippen LogP contribution in [0.3, 0.4) is 0 Å². The number of hydrogen-bond acceptors (Lipinski definition) is 4. The van der Waals surface area contributed by atoms with Gasteiger partial charge in [0, 0.05) is 80.1 Å². The number of benzene rings is 9. The molecule has 0 saturated heterocycles. The molecule has 0 aromatic heterocycles. The molecule has 336 valence electrons. The number of fused-ring (bicyclic) bond motifs is 3. The minimum atomic E-state index is 0.319. The summed E-state index contributed by atoms with van der Waals surface area (Å²) in [6.07, 6.45) is 20.3. The van der Waals surface area contributed by atoms with E-state index in [1.807, 2.05) is 0 Å². The monoisotopic (exact) mass is 900 g/mol. The van der Waals surface area contributed by atoms with Crippen LogP contribution in [0.5, 0.6) is 0 Å². The molecule has 70 heavy (non-hydrogen) atoms. The highest BCUT2D eigenvalue weighted by Gasteiger charge is 2.24. The minimum absolute atomic E-state index is 0.319. The lowest BCUT2D eigenvalue weighted by molar-refractivity contribution is 0.652. The van der Waals surface area contributed by atoms with E-state index in [0.29, 0.717) is 11.8 Å². The van der Waals surface area contributed by atoms with Gasteiger partial charge in [0.25, 0.3) is 0 Å². The van der Waals surface area contributed by atoms with Gasteiger partial charge in [-0.05, 0) is 168 Å². The standard InChI is InChI=1S/C66H52N4/c1-4-22-55(23-5-1)68(64-31-28-49-16-10-13-19-52(49)46-64)61-40-34-58(35-41-61)67(59-36-42-62(43-37-59)69(56-24-6-2-7-25-56)65-32-29-50-17-11-14-20-53(50)47-65)60-38-44-63(45-39-60)70(57-26-8-3-9-27-57)66-33-30-51-18-12-15-21-54(51)48-66/h1-29,31-32,34-49,52H,30,33H2. The first kappa shape index (κ1) is 42.5. The number of aryl methyl sites for hydroxylation is 1. The van der Waals surface area contributed by atoms with E-state index in [4.69, 9.17) is 0 Å². The highest BCUT2D eigenvalue weighted by molar-refractivity contribution is 5.90. The van der Waals surface area contributed by atoms with Gasteiger partial charge in [0.1, 0.15) is 0 Å². The summed E-state index contributed by atoms with van der Waals surface area (Å²) in [5.41, 5.74) is 16.1. The predicted octanol–water partition coefficient (Wildman–Crippen LogP) is 17.9. The Morgan fingerprint density at radius 3 is 1.34 bits per heavy atom. The molecule has 0 N–H and O–H groups in total. The molecule has 0 spiro atoms. The number of hydrogen-bond donors (Lipinski definition) is 0. The van der Waals surface area contributed by atoms with Crippen molar-refractivity contribution in [3.63, 3.8) is 0 Å². The molecule has 3 aliphatic rings. The molecule has 2 unspecified atom stereocenters. The van der Waals surface area contributed by atoms with Crippen LogP contribution in [-0.2, 0) is 6.42 Å². The third-order valence-electron chi connectivity index (χ3n) is 13.8. The Morgan fingerprint density at radius 2 is 0.743 bits per heavy atom. The van der Waals surface area contributed by atoms with Gasteiger partial charge in [-0.1, -0.05) is 146 Å². The van der Waals surface area contributed by atoms with Crippen LogP contribution >= 0.6 is 0 Å². The predicted molar refractivity (Wildman–Crippen MR) is 296 cm³/mol. The van der Waals surface area contributed by atoms with Crippen molar-refractivity contribution in [2.24, 2.45) is 11.8 Å². The Bertz CT molecular complexity index is 3430. The fourth-order valence-electron chi connectivity index (χ4n) is 10.3. The Labute approximate surface area is 411 Å². The van der Waals surface area contributed by atoms with Crippen LogP contribution in [0.2, 0.25) is 0 Å². The normalized spacial score (nSPS) is 15.6. The fourth-order valence-corrected chi connectivity index (χ4v) is 10.3. The number of nitrogens with zero attached hydrogens (tertiary/aromatic N) is 4. The van der Waals surface area contributed by atoms with Crippen molar-refractivity contribution >= 4 is 73.7 Å². The SMILES string of the molecule is C1=CC2C=CC(N(c3ccccc3)c3ccc(N(c4ccc(N(C5=Cc6ccccc6CC5)c5ccccc5)cc4)c4ccc(N(c5ccccc5)c5ccc6ccccc6c5)cc4)cc3)=CC2C=C1. The van der Waals surface area contributed by atoms with Gasteiger partial charge in [0.05, 0.1) is 0 Å². The molecule has 0 fully saturated rings. The molecule has 9 aromatic rings. The highest BCUT2D eigenvalue weighted by Crippen LogP contribution is 2.44. The molecule has 0 aliphatic heterocycles. The van der Waals surface area contributed by atoms with Crippen molar-refractivity contribution in [1.29, 1.82) is 0 Å². The van der Waals surface area contributed by atoms with E-state index in [9.17, 15) is 0 Å². The van der Waals surface area contributed by atoms with Crippen molar-refractivity contribution in [2.75, 3.05) is 19.6 Å². The van der Waals surface area contributed by atoms with Gasteiger partial charge in [-0.2, -0.15) is 0 Å². The van der Waals surface area contributed by atoms with E-state index in [1.54, 1.807) is 0 Å². The molecule has 4 nitrogen and oxygen atoms in total. The topological polar surface area (TPSA) is 13.0 Å². The second-order valence-corrected chi connectivity index (χ2v) is 18.1. The second kappa shape index (κ2) is 19.0. The van der Waals surface area contributed by atoms with Crippen molar-refractivity contribution in [3.8, 4) is 0 Å². The molecule has 0 radical (unpaired) electrons. The van der Waals surface area contributed by atoms with Crippen LogP contribution in [0.1, 0.15) is 17.5 Å². The molecule has 0 amide bonds. The lowest BCUT2D eigenvalue weighted by Gasteiger charge is -2.32. The van der Waals surface area contributed by atoms with E-state index in [0.717, 1.165) is 75.4 Å². The van der Waals surface area contributed by atoms with E-state index in [2.05, 4.69) is 299 Å². The summed E-state index contributed by atoms with van der Waals surface area (Å²) in [4.78, 5) is 9.51. The number of rotatable bonds is 12. The summed E-state index contributed by atoms with van der Waals surface area (Å²) in [5.74, 6) is 0.697. The maximum absolute atomic E-state index is 2.42. The molecule has 2 atom stereocenters. The Kier molecular flexibility index (Phi) is 11.6. The quantitative estimate of drug-likeness (QED) is 0.121. The van der Waals surface area contributed by atoms with Gasteiger partial charge in [-0.15, -0.1) is 0 Å². The van der Waals surface area contributed by atoms with Gasteiger partial charge in [-0.3, -0.25) is 0 Å². The summed E-state index contributed by atoms with van der Waals surface area (Å²) >= 11 is 0. The van der Waals surface area contributed by atoms with Crippen LogP contribution in [0, 0.1) is 11.8 Å². The lowest BCUT2D eigenvalue weighted by Crippen LogP contribution is -2.21. The highest BCUT2D eigenvalue weighted by atomic mass is 15.2. The molecular weight excluding hydrogens is 849 g/mol. The number of anilines is 10. The summed E-state index contributed by atoms with van der Waals surface area (Å²) in [6, 6.07) is 83.3. The van der Waals surface area contributed by atoms with Crippen molar-refractivity contribution in [2.45, 2.75) is 12.8 Å². The van der Waals surface area contributed by atoms with Crippen molar-refractivity contribution in [1.82, 2.24) is 0 Å². The maximum atomic E-state index is 2.42. The molecule has 9 aromatic carbocycles. The fraction of sp³-hybridized carbons (Fsp3) is 0.0606. The van der Waals surface area contributed by atoms with Gasteiger partial charge in [-0.25, -0.2) is 0 Å². The van der Waals surface area contributed by atoms with Gasteiger partial charge < -0.3 is 19.6 Å². The third-order valence-corrected chi connectivity index (χ3v) is 13.8. The van der Waals surface area contributed by atoms with Gasteiger partial charge in [0.2, 0.25) is 0 Å². The van der Waals surface area contributed by atoms with Crippen molar-refractivity contribution in [3.05, 3.63) is 296 Å². The first-order chi connectivity index (χ1) is 34.7. The van der Waals surface area contributed by atoms with Crippen LogP contribution in [0.15, 0.2) is 284 Å². The summed E-state index contributed by atoms with van der Waals surface area (Å²) in [7, 11) is 0. The Morgan fingerprint density at radius 1 is 0.314 bits per heavy atom. The third kappa shape index (κ3) is 8.52. The van der Waals surface area contributed by atoms with Crippen LogP contribution in [-0.4, -0.2) is 0 Å². The first-order valence-corrected chi connectivity index (χ1v) is 24.4. The Balaban J connectivity index is 0.946. The molecule has 4 heteroatoms. The number of para-hydroxylation sites is 3. The maximum Gasteiger partial charge on any atom is 0.0468 e. The minimum Gasteiger partial charge on any atom is -0.314 e. The molecule has 0 heterocycles. The molecule has 0 saturated carbocycles. The molecular formula is C66H52N4. The zero-order valence-corrected chi connectivity index (χ0v) is 38.9. The van der Waals surface area contributed by atoms with Crippen LogP contribution < -0.4 is 19.6 Å². The smallest absolute Gasteiger partial charge is 0.0468 e.